The maximum Gasteiger partial charge on any atom is 0.306 e. The topological polar surface area (TPSA) is 133 Å². The summed E-state index contributed by atoms with van der Waals surface area (Å²) in [4.78, 5) is 29.3. The van der Waals surface area contributed by atoms with Gasteiger partial charge in [0.1, 0.15) is 17.2 Å². The number of anilines is 3. The highest BCUT2D eigenvalue weighted by Gasteiger charge is 2.27. The van der Waals surface area contributed by atoms with Crippen LogP contribution in [0.2, 0.25) is 0 Å². The number of nitrogens with zero attached hydrogens (tertiary/aromatic N) is 3. The number of pyridine rings is 1. The average molecular weight is 595 g/mol. The van der Waals surface area contributed by atoms with Crippen LogP contribution in [0.3, 0.4) is 0 Å². The summed E-state index contributed by atoms with van der Waals surface area (Å²) in [6.07, 6.45) is 1.67. The van der Waals surface area contributed by atoms with Gasteiger partial charge < -0.3 is 25.8 Å². The number of carbonyl (C=O) groups is 2. The van der Waals surface area contributed by atoms with E-state index in [9.17, 15) is 14.0 Å². The van der Waals surface area contributed by atoms with Gasteiger partial charge in [0, 0.05) is 18.2 Å². The summed E-state index contributed by atoms with van der Waals surface area (Å²) < 4.78 is 42.0. The molecule has 0 spiro atoms. The van der Waals surface area contributed by atoms with E-state index in [0.29, 0.717) is 24.4 Å². The smallest absolute Gasteiger partial charge is 0.306 e. The Morgan fingerprint density at radius 3 is 2.53 bits per heavy atom. The Labute approximate surface area is 248 Å². The van der Waals surface area contributed by atoms with E-state index in [0.717, 1.165) is 17.0 Å². The van der Waals surface area contributed by atoms with Gasteiger partial charge in [-0.15, -0.1) is 0 Å². The lowest BCUT2D eigenvalue weighted by Gasteiger charge is -2.28. The highest BCUT2D eigenvalue weighted by molar-refractivity contribution is 5.99. The van der Waals surface area contributed by atoms with Gasteiger partial charge in [0.05, 0.1) is 42.9 Å². The maximum atomic E-state index is 15.4. The van der Waals surface area contributed by atoms with Crippen LogP contribution in [0.15, 0.2) is 54.7 Å². The summed E-state index contributed by atoms with van der Waals surface area (Å²) in [5.41, 5.74) is 6.62. The highest BCUT2D eigenvalue weighted by atomic mass is 19.1. The molecule has 43 heavy (non-hydrogen) atoms. The van der Waals surface area contributed by atoms with Crippen molar-refractivity contribution in [3.05, 3.63) is 77.5 Å². The van der Waals surface area contributed by atoms with Crippen molar-refractivity contribution in [2.24, 2.45) is 11.7 Å². The van der Waals surface area contributed by atoms with Crippen molar-refractivity contribution in [1.29, 1.82) is 0 Å². The Balaban J connectivity index is 1.67. The number of primary amides is 1. The molecule has 0 unspecified atom stereocenters. The summed E-state index contributed by atoms with van der Waals surface area (Å²) in [5, 5.41) is 11.3. The number of nitrogens with two attached hydrogens (primary N) is 1. The quantitative estimate of drug-likeness (QED) is 0.177. The molecule has 2 heterocycles. The number of halogens is 2. The Bertz CT molecular complexity index is 1620. The van der Waals surface area contributed by atoms with Crippen LogP contribution in [0.4, 0.5) is 26.1 Å². The summed E-state index contributed by atoms with van der Waals surface area (Å²) >= 11 is 0. The number of hydrogen-bond acceptors (Lipinski definition) is 8. The zero-order valence-corrected chi connectivity index (χ0v) is 24.8. The molecule has 2 aromatic carbocycles. The molecule has 0 saturated carbocycles. The molecule has 1 amide bonds. The van der Waals surface area contributed by atoms with Gasteiger partial charge in [-0.2, -0.15) is 5.10 Å². The lowest BCUT2D eigenvalue weighted by molar-refractivity contribution is -0.155. The molecule has 2 atom stereocenters. The van der Waals surface area contributed by atoms with E-state index in [-0.39, 0.29) is 23.6 Å². The van der Waals surface area contributed by atoms with Crippen LogP contribution in [-0.2, 0) is 20.8 Å². The fraction of sp³-hybridized carbons (Fsp3) is 0.355. The number of esters is 1. The number of benzene rings is 2. The second-order valence-electron chi connectivity index (χ2n) is 11.3. The van der Waals surface area contributed by atoms with Crippen LogP contribution in [0.25, 0.3) is 10.9 Å². The van der Waals surface area contributed by atoms with E-state index in [2.05, 4.69) is 20.7 Å². The molecule has 0 bridgehead atoms. The normalized spacial score (nSPS) is 13.0. The SMILES string of the molecule is COCCn1ncc2cc(Nc3nc(N[C@H](c4cccc(F)c4)[C@H](C)CC(=O)OC(C)(C)C)c(F)cc3C(N)=O)ccc21. The Kier molecular flexibility index (Phi) is 9.59. The molecule has 4 aromatic rings. The minimum absolute atomic E-state index is 0.0142. The predicted octanol–water partition coefficient (Wildman–Crippen LogP) is 5.72. The van der Waals surface area contributed by atoms with E-state index in [1.165, 1.54) is 18.2 Å². The van der Waals surface area contributed by atoms with Crippen LogP contribution in [-0.4, -0.2) is 46.0 Å². The lowest BCUT2D eigenvalue weighted by atomic mass is 9.91. The van der Waals surface area contributed by atoms with Crippen molar-refractivity contribution in [1.82, 2.24) is 14.8 Å². The molecule has 0 aliphatic rings. The second-order valence-corrected chi connectivity index (χ2v) is 11.3. The molecule has 0 saturated heterocycles. The van der Waals surface area contributed by atoms with E-state index in [1.807, 2.05) is 12.1 Å². The van der Waals surface area contributed by atoms with Crippen molar-refractivity contribution in [3.63, 3.8) is 0 Å². The molecule has 0 aliphatic heterocycles. The number of nitrogens with one attached hydrogen (secondary N) is 2. The van der Waals surface area contributed by atoms with E-state index in [1.54, 1.807) is 57.8 Å². The van der Waals surface area contributed by atoms with Crippen molar-refractivity contribution >= 4 is 40.1 Å². The van der Waals surface area contributed by atoms with Crippen LogP contribution >= 0.6 is 0 Å². The predicted molar refractivity (Wildman–Crippen MR) is 160 cm³/mol. The number of rotatable bonds is 12. The molecule has 4 rings (SSSR count). The standard InChI is InChI=1S/C31H36F2N6O4/c1-18(13-26(40)43-31(2,3)4)27(19-7-6-8-21(32)14-19)37-30-24(33)16-23(28(34)41)29(38-30)36-22-9-10-25-20(15-22)17-35-39(25)11-12-42-5/h6-10,14-18,27H,11-13H2,1-5H3,(H2,34,41)(H2,36,37,38)/t18-,27+/m1/s1. The van der Waals surface area contributed by atoms with Gasteiger partial charge in [-0.3, -0.25) is 14.3 Å². The van der Waals surface area contributed by atoms with Gasteiger partial charge in [0.15, 0.2) is 11.6 Å². The number of fused-ring (bicyclic) bond motifs is 1. The molecule has 12 heteroatoms. The number of amides is 1. The minimum atomic E-state index is -0.881. The first-order valence-corrected chi connectivity index (χ1v) is 13.8. The molecule has 0 radical (unpaired) electrons. The van der Waals surface area contributed by atoms with Crippen LogP contribution in [0.5, 0.6) is 0 Å². The number of carbonyl (C=O) groups excluding carboxylic acids is 2. The van der Waals surface area contributed by atoms with Crippen molar-refractivity contribution in [3.8, 4) is 0 Å². The first kappa shape index (κ1) is 31.4. The first-order valence-electron chi connectivity index (χ1n) is 13.8. The summed E-state index contributed by atoms with van der Waals surface area (Å²) in [5.74, 6) is -3.35. The third-order valence-corrected chi connectivity index (χ3v) is 6.63. The molecule has 10 nitrogen and oxygen atoms in total. The fourth-order valence-corrected chi connectivity index (χ4v) is 4.70. The number of methoxy groups -OCH3 is 1. The van der Waals surface area contributed by atoms with E-state index >= 15 is 4.39 Å². The van der Waals surface area contributed by atoms with Crippen molar-refractivity contribution in [2.45, 2.75) is 52.3 Å². The van der Waals surface area contributed by atoms with Crippen molar-refractivity contribution in [2.75, 3.05) is 24.4 Å². The zero-order chi connectivity index (χ0) is 31.3. The van der Waals surface area contributed by atoms with Gasteiger partial charge in [-0.25, -0.2) is 13.8 Å². The summed E-state index contributed by atoms with van der Waals surface area (Å²) in [6, 6.07) is 11.5. The third-order valence-electron chi connectivity index (χ3n) is 6.63. The third kappa shape index (κ3) is 8.04. The number of ether oxygens (including phenoxy) is 2. The first-order chi connectivity index (χ1) is 20.3. The minimum Gasteiger partial charge on any atom is -0.460 e. The van der Waals surface area contributed by atoms with Crippen molar-refractivity contribution < 1.29 is 27.8 Å². The van der Waals surface area contributed by atoms with E-state index < -0.39 is 41.1 Å². The summed E-state index contributed by atoms with van der Waals surface area (Å²) in [6.45, 7) is 8.13. The lowest BCUT2D eigenvalue weighted by Crippen LogP contribution is -2.28. The number of aromatic nitrogens is 3. The largest absolute Gasteiger partial charge is 0.460 e. The fourth-order valence-electron chi connectivity index (χ4n) is 4.70. The monoisotopic (exact) mass is 594 g/mol. The van der Waals surface area contributed by atoms with Gasteiger partial charge in [-0.05, 0) is 68.7 Å². The van der Waals surface area contributed by atoms with Crippen LogP contribution in [0.1, 0.15) is 56.1 Å². The molecular weight excluding hydrogens is 558 g/mol. The van der Waals surface area contributed by atoms with Gasteiger partial charge in [0.25, 0.3) is 5.91 Å². The van der Waals surface area contributed by atoms with Gasteiger partial charge >= 0.3 is 5.97 Å². The molecule has 2 aromatic heterocycles. The molecule has 4 N–H and O–H groups in total. The second kappa shape index (κ2) is 13.2. The molecular formula is C31H36F2N6O4. The highest BCUT2D eigenvalue weighted by Crippen LogP contribution is 2.33. The Morgan fingerprint density at radius 2 is 1.86 bits per heavy atom. The molecule has 0 aliphatic carbocycles. The van der Waals surface area contributed by atoms with E-state index in [4.69, 9.17) is 15.2 Å². The maximum absolute atomic E-state index is 15.4. The zero-order valence-electron chi connectivity index (χ0n) is 24.8. The van der Waals surface area contributed by atoms with Crippen LogP contribution < -0.4 is 16.4 Å². The van der Waals surface area contributed by atoms with Crippen LogP contribution in [0, 0.1) is 17.6 Å². The van der Waals surface area contributed by atoms with Gasteiger partial charge in [0.2, 0.25) is 0 Å². The number of hydrogen-bond donors (Lipinski definition) is 3. The summed E-state index contributed by atoms with van der Waals surface area (Å²) in [7, 11) is 1.62. The Morgan fingerprint density at radius 1 is 1.09 bits per heavy atom. The molecule has 0 fully saturated rings. The van der Waals surface area contributed by atoms with Gasteiger partial charge in [-0.1, -0.05) is 19.1 Å². The average Bonchev–Trinajstić information content (AvgIpc) is 3.32. The molecule has 228 valence electrons. The Hall–Kier alpha value is -4.58.